The summed E-state index contributed by atoms with van der Waals surface area (Å²) < 4.78 is 4.83. The van der Waals surface area contributed by atoms with Crippen LogP contribution in [-0.2, 0) is 14.3 Å². The monoisotopic (exact) mass is 288 g/mol. The van der Waals surface area contributed by atoms with Crippen LogP contribution in [0.2, 0.25) is 5.02 Å². The number of allylic oxidation sites excluding steroid dienone is 2. The van der Waals surface area contributed by atoms with E-state index in [-0.39, 0.29) is 44.0 Å². The first-order valence-electron chi connectivity index (χ1n) is 5.57. The molecule has 0 aliphatic carbocycles. The Kier molecular flexibility index (Phi) is 8.17. The second-order valence-electron chi connectivity index (χ2n) is 3.98. The average molecular weight is 289 g/mol. The Morgan fingerprint density at radius 3 is 2.25 bits per heavy atom. The van der Waals surface area contributed by atoms with E-state index in [9.17, 15) is 14.4 Å². The van der Waals surface area contributed by atoms with Crippen LogP contribution in [0.4, 0.5) is 0 Å². The first-order valence-corrected chi connectivity index (χ1v) is 5.94. The summed E-state index contributed by atoms with van der Waals surface area (Å²) in [5, 5.41) is 0.533. The van der Waals surface area contributed by atoms with Crippen molar-refractivity contribution in [1.82, 2.24) is 0 Å². The fourth-order valence-electron chi connectivity index (χ4n) is 1.33. The van der Waals surface area contributed by atoms with Crippen LogP contribution >= 0.6 is 11.6 Å². The number of carbonyl (C=O) groups is 3. The van der Waals surface area contributed by atoms with E-state index in [4.69, 9.17) is 16.3 Å². The third-order valence-electron chi connectivity index (χ3n) is 2.13. The van der Waals surface area contributed by atoms with E-state index in [1.807, 2.05) is 0 Å². The van der Waals surface area contributed by atoms with Crippen molar-refractivity contribution in [2.24, 2.45) is 0 Å². The number of ether oxygens (including phenoxy) is 1. The van der Waals surface area contributed by atoms with E-state index in [0.717, 1.165) is 0 Å². The van der Waals surface area contributed by atoms with Gasteiger partial charge in [0.1, 0.15) is 18.0 Å². The number of carbonyl (C=O) groups excluding carboxylic acids is 3. The molecule has 0 bridgehead atoms. The Balaban J connectivity index is 0. The molecule has 0 N–H and O–H groups in total. The van der Waals surface area contributed by atoms with Gasteiger partial charge in [-0.05, 0) is 38.1 Å². The molecule has 0 unspecified atom stereocenters. The minimum atomic E-state index is -0.676. The van der Waals surface area contributed by atoms with Gasteiger partial charge in [0.2, 0.25) is 0 Å². The van der Waals surface area contributed by atoms with Crippen LogP contribution in [0, 0.1) is 0 Å². The summed E-state index contributed by atoms with van der Waals surface area (Å²) in [6.45, 7) is 2.77. The number of benzene rings is 1. The molecule has 0 radical (unpaired) electrons. The zero-order valence-corrected chi connectivity index (χ0v) is 12.4. The molecule has 20 heavy (non-hydrogen) atoms. The molecule has 0 amide bonds. The van der Waals surface area contributed by atoms with Gasteiger partial charge in [0, 0.05) is 16.7 Å². The van der Waals surface area contributed by atoms with Gasteiger partial charge in [-0.1, -0.05) is 11.6 Å². The van der Waals surface area contributed by atoms with Crippen molar-refractivity contribution >= 4 is 29.1 Å². The molecule has 0 aromatic heterocycles. The van der Waals surface area contributed by atoms with Crippen LogP contribution in [-0.4, -0.2) is 17.5 Å². The van der Waals surface area contributed by atoms with Gasteiger partial charge >= 0.3 is 24.8 Å². The van der Waals surface area contributed by atoms with Gasteiger partial charge in [-0.25, -0.2) is 0 Å². The van der Waals surface area contributed by atoms with Gasteiger partial charge in [0.05, 0.1) is 0 Å². The molecular weight excluding hydrogens is 275 g/mol. The van der Waals surface area contributed by atoms with Crippen molar-refractivity contribution in [3.05, 3.63) is 46.7 Å². The molecule has 0 heterocycles. The molecular formula is C14H14ClLiO4. The molecule has 1 aromatic carbocycles. The van der Waals surface area contributed by atoms with Gasteiger partial charge < -0.3 is 6.16 Å². The molecule has 0 saturated heterocycles. The van der Waals surface area contributed by atoms with Crippen molar-refractivity contribution < 1.29 is 39.4 Å². The van der Waals surface area contributed by atoms with Gasteiger partial charge in [-0.15, -0.1) is 0 Å². The molecule has 4 nitrogen and oxygen atoms in total. The van der Waals surface area contributed by atoms with E-state index >= 15 is 0 Å². The summed E-state index contributed by atoms with van der Waals surface area (Å²) in [7, 11) is 0. The van der Waals surface area contributed by atoms with E-state index in [2.05, 4.69) is 0 Å². The molecule has 0 aliphatic heterocycles. The van der Waals surface area contributed by atoms with Gasteiger partial charge in [-0.3, -0.25) is 14.4 Å². The van der Waals surface area contributed by atoms with E-state index in [1.54, 1.807) is 24.3 Å². The van der Waals surface area contributed by atoms with Crippen molar-refractivity contribution in [1.29, 1.82) is 0 Å². The van der Waals surface area contributed by atoms with Crippen LogP contribution in [0.5, 0.6) is 0 Å². The molecule has 6 heteroatoms. The van der Waals surface area contributed by atoms with Gasteiger partial charge in [-0.2, -0.15) is 0 Å². The molecule has 1 aromatic rings. The topological polar surface area (TPSA) is 60.4 Å². The predicted molar refractivity (Wildman–Crippen MR) is 72.0 cm³/mol. The maximum absolute atomic E-state index is 11.8. The predicted octanol–water partition coefficient (Wildman–Crippen LogP) is 0.0653. The number of rotatable bonds is 5. The van der Waals surface area contributed by atoms with Crippen molar-refractivity contribution in [2.75, 3.05) is 0 Å². The van der Waals surface area contributed by atoms with Gasteiger partial charge in [0.15, 0.2) is 5.78 Å². The maximum Gasteiger partial charge on any atom is 1.00 e. The normalized spacial score (nSPS) is 10.4. The minimum absolute atomic E-state index is 0. The fraction of sp³-hybridized carbons (Fsp3) is 0.214. The summed E-state index contributed by atoms with van der Waals surface area (Å²) in [6.07, 6.45) is 0.890. The Bertz CT molecular complexity index is 540. The number of hydrogen-bond donors (Lipinski definition) is 0. The standard InChI is InChI=1S/C14H13ClO4.Li.H/c1-9(16)7-14(18)19-10(2)8-13(17)11-3-5-12(15)6-4-11;;/h3-6,8H,7H2,1-2H3;;/q;+1;-1. The number of hydrogen-bond acceptors (Lipinski definition) is 4. The Morgan fingerprint density at radius 1 is 1.20 bits per heavy atom. The fourth-order valence-corrected chi connectivity index (χ4v) is 1.46. The quantitative estimate of drug-likeness (QED) is 0.192. The van der Waals surface area contributed by atoms with Crippen molar-refractivity contribution in [3.8, 4) is 0 Å². The molecule has 0 atom stereocenters. The van der Waals surface area contributed by atoms with E-state index in [1.165, 1.54) is 19.9 Å². The summed E-state index contributed by atoms with van der Waals surface area (Å²) in [4.78, 5) is 33.7. The number of halogens is 1. The molecule has 102 valence electrons. The smallest absolute Gasteiger partial charge is 1.00 e. The summed E-state index contributed by atoms with van der Waals surface area (Å²) in [5.74, 6) is -1.12. The number of esters is 1. The molecule has 0 aliphatic rings. The molecule has 0 saturated carbocycles. The zero-order valence-electron chi connectivity index (χ0n) is 12.6. The summed E-state index contributed by atoms with van der Waals surface area (Å²) in [5.41, 5.74) is 0.436. The third-order valence-corrected chi connectivity index (χ3v) is 2.38. The van der Waals surface area contributed by atoms with Gasteiger partial charge in [0.25, 0.3) is 0 Å². The van der Waals surface area contributed by atoms with Crippen LogP contribution in [0.1, 0.15) is 32.1 Å². The van der Waals surface area contributed by atoms with Crippen LogP contribution < -0.4 is 18.9 Å². The average Bonchev–Trinajstić information content (AvgIpc) is 2.27. The zero-order chi connectivity index (χ0) is 14.4. The van der Waals surface area contributed by atoms with Crippen LogP contribution in [0.3, 0.4) is 0 Å². The first-order chi connectivity index (χ1) is 8.88. The maximum atomic E-state index is 11.8. The van der Waals surface area contributed by atoms with Crippen LogP contribution in [0.15, 0.2) is 36.1 Å². The second-order valence-corrected chi connectivity index (χ2v) is 4.42. The molecule has 0 fully saturated rings. The summed E-state index contributed by atoms with van der Waals surface area (Å²) >= 11 is 5.71. The Hall–Kier alpha value is -1.34. The number of ketones is 2. The number of Topliss-reactive ketones (excluding diaryl/α,β-unsaturated/α-hetero) is 1. The largest absolute Gasteiger partial charge is 1.00 e. The molecule has 1 rings (SSSR count). The second kappa shape index (κ2) is 8.75. The van der Waals surface area contributed by atoms with Crippen LogP contribution in [0.25, 0.3) is 0 Å². The van der Waals surface area contributed by atoms with E-state index < -0.39 is 5.97 Å². The molecule has 0 spiro atoms. The van der Waals surface area contributed by atoms with Crippen molar-refractivity contribution in [2.45, 2.75) is 20.3 Å². The minimum Gasteiger partial charge on any atom is -1.00 e. The SMILES string of the molecule is CC(=O)CC(=O)OC(C)=CC(=O)c1ccc(Cl)cc1.[H-].[Li+]. The first kappa shape index (κ1) is 18.7. The summed E-state index contributed by atoms with van der Waals surface area (Å²) in [6, 6.07) is 6.34. The third kappa shape index (κ3) is 6.72. The van der Waals surface area contributed by atoms with E-state index in [0.29, 0.717) is 10.6 Å². The Labute approximate surface area is 135 Å². The van der Waals surface area contributed by atoms with Crippen molar-refractivity contribution in [3.63, 3.8) is 0 Å². The Morgan fingerprint density at radius 2 is 1.75 bits per heavy atom.